The Bertz CT molecular complexity index is 898. The van der Waals surface area contributed by atoms with Crippen LogP contribution in [0.15, 0.2) is 48.5 Å². The lowest BCUT2D eigenvalue weighted by atomic mass is 10.2. The smallest absolute Gasteiger partial charge is 0.416 e. The van der Waals surface area contributed by atoms with Crippen LogP contribution in [0.2, 0.25) is 0 Å². The SMILES string of the molecule is COC(=O)CN(Cc1ccc(OCCC(=O)C(C)Br)cc1)C(=O)Oc1ccc(OC)cc1. The van der Waals surface area contributed by atoms with Gasteiger partial charge in [-0.1, -0.05) is 28.1 Å². The van der Waals surface area contributed by atoms with Crippen LogP contribution in [0.1, 0.15) is 18.9 Å². The molecule has 0 fully saturated rings. The molecule has 2 rings (SSSR count). The number of Topliss-reactive ketones (excluding diaryl/α,β-unsaturated/α-hetero) is 1. The van der Waals surface area contributed by atoms with E-state index in [2.05, 4.69) is 15.9 Å². The van der Waals surface area contributed by atoms with Gasteiger partial charge in [0.25, 0.3) is 0 Å². The van der Waals surface area contributed by atoms with Crippen LogP contribution >= 0.6 is 15.9 Å². The Morgan fingerprint density at radius 3 is 2.09 bits per heavy atom. The van der Waals surface area contributed by atoms with Gasteiger partial charge in [-0.2, -0.15) is 0 Å². The Morgan fingerprint density at radius 1 is 0.938 bits per heavy atom. The van der Waals surface area contributed by atoms with E-state index >= 15 is 0 Å². The summed E-state index contributed by atoms with van der Waals surface area (Å²) in [6.07, 6.45) is -0.388. The van der Waals surface area contributed by atoms with Crippen molar-refractivity contribution in [2.75, 3.05) is 27.4 Å². The molecule has 1 atom stereocenters. The molecule has 0 saturated carbocycles. The van der Waals surface area contributed by atoms with Crippen LogP contribution in [-0.2, 0) is 20.9 Å². The molecule has 1 unspecified atom stereocenters. The van der Waals surface area contributed by atoms with Gasteiger partial charge in [-0.15, -0.1) is 0 Å². The number of carbonyl (C=O) groups excluding carboxylic acids is 3. The van der Waals surface area contributed by atoms with Gasteiger partial charge in [-0.3, -0.25) is 14.5 Å². The number of hydrogen-bond donors (Lipinski definition) is 0. The van der Waals surface area contributed by atoms with E-state index in [0.29, 0.717) is 23.7 Å². The van der Waals surface area contributed by atoms with Gasteiger partial charge < -0.3 is 18.9 Å². The Labute approximate surface area is 195 Å². The number of ether oxygens (including phenoxy) is 4. The van der Waals surface area contributed by atoms with Crippen molar-refractivity contribution in [1.82, 2.24) is 4.90 Å². The maximum absolute atomic E-state index is 12.7. The van der Waals surface area contributed by atoms with Gasteiger partial charge in [-0.05, 0) is 48.9 Å². The highest BCUT2D eigenvalue weighted by Crippen LogP contribution is 2.19. The molecule has 2 aromatic rings. The minimum atomic E-state index is -0.691. The highest BCUT2D eigenvalue weighted by atomic mass is 79.9. The summed E-state index contributed by atoms with van der Waals surface area (Å²) in [6, 6.07) is 13.5. The average molecular weight is 508 g/mol. The van der Waals surface area contributed by atoms with Gasteiger partial charge in [0.15, 0.2) is 0 Å². The van der Waals surface area contributed by atoms with Crippen molar-refractivity contribution in [2.24, 2.45) is 0 Å². The molecule has 0 aliphatic heterocycles. The van der Waals surface area contributed by atoms with Gasteiger partial charge in [-0.25, -0.2) is 4.79 Å². The van der Waals surface area contributed by atoms with Crippen molar-refractivity contribution in [1.29, 1.82) is 0 Å². The van der Waals surface area contributed by atoms with E-state index in [4.69, 9.17) is 18.9 Å². The number of ketones is 1. The third-order valence-corrected chi connectivity index (χ3v) is 4.94. The average Bonchev–Trinajstić information content (AvgIpc) is 2.79. The van der Waals surface area contributed by atoms with Crippen LogP contribution in [0.3, 0.4) is 0 Å². The number of carbonyl (C=O) groups is 3. The molecule has 172 valence electrons. The van der Waals surface area contributed by atoms with E-state index in [0.717, 1.165) is 5.56 Å². The molecular formula is C23H26BrNO7. The van der Waals surface area contributed by atoms with Crippen LogP contribution in [0.4, 0.5) is 4.79 Å². The standard InChI is InChI=1S/C23H26BrNO7/c1-16(24)21(26)12-13-31-19-6-4-17(5-7-19)14-25(15-22(27)30-3)23(28)32-20-10-8-18(29-2)9-11-20/h4-11,16H,12-15H2,1-3H3. The van der Waals surface area contributed by atoms with E-state index in [1.165, 1.54) is 12.0 Å². The molecule has 0 radical (unpaired) electrons. The normalized spacial score (nSPS) is 11.2. The topological polar surface area (TPSA) is 91.4 Å². The minimum Gasteiger partial charge on any atom is -0.497 e. The summed E-state index contributed by atoms with van der Waals surface area (Å²) in [7, 11) is 2.79. The summed E-state index contributed by atoms with van der Waals surface area (Å²) in [6.45, 7) is 1.91. The second-order valence-corrected chi connectivity index (χ2v) is 8.17. The monoisotopic (exact) mass is 507 g/mol. The van der Waals surface area contributed by atoms with Gasteiger partial charge in [0.05, 0.1) is 25.7 Å². The predicted octanol–water partition coefficient (Wildman–Crippen LogP) is 3.99. The van der Waals surface area contributed by atoms with Crippen LogP contribution < -0.4 is 14.2 Å². The number of alkyl halides is 1. The summed E-state index contributed by atoms with van der Waals surface area (Å²) in [5.41, 5.74) is 0.762. The Balaban J connectivity index is 2.00. The molecule has 0 N–H and O–H groups in total. The fourth-order valence-corrected chi connectivity index (χ4v) is 2.82. The molecule has 1 amide bonds. The van der Waals surface area contributed by atoms with Gasteiger partial charge in [0.2, 0.25) is 0 Å². The van der Waals surface area contributed by atoms with Crippen LogP contribution in [-0.4, -0.2) is 54.9 Å². The van der Waals surface area contributed by atoms with Gasteiger partial charge in [0, 0.05) is 13.0 Å². The molecule has 8 nitrogen and oxygen atoms in total. The van der Waals surface area contributed by atoms with E-state index < -0.39 is 12.1 Å². The third-order valence-electron chi connectivity index (χ3n) is 4.43. The van der Waals surface area contributed by atoms with Crippen molar-refractivity contribution in [3.05, 3.63) is 54.1 Å². The molecule has 0 aliphatic carbocycles. The third kappa shape index (κ3) is 8.22. The van der Waals surface area contributed by atoms with Crippen molar-refractivity contribution in [3.8, 4) is 17.2 Å². The molecule has 9 heteroatoms. The predicted molar refractivity (Wildman–Crippen MR) is 121 cm³/mol. The maximum Gasteiger partial charge on any atom is 0.416 e. The zero-order valence-electron chi connectivity index (χ0n) is 18.2. The first-order valence-corrected chi connectivity index (χ1v) is 10.8. The molecular weight excluding hydrogens is 482 g/mol. The van der Waals surface area contributed by atoms with Crippen LogP contribution in [0.25, 0.3) is 0 Å². The van der Waals surface area contributed by atoms with E-state index in [1.807, 2.05) is 0 Å². The second-order valence-electron chi connectivity index (χ2n) is 6.80. The lowest BCUT2D eigenvalue weighted by Gasteiger charge is -2.21. The lowest BCUT2D eigenvalue weighted by molar-refractivity contribution is -0.141. The zero-order valence-corrected chi connectivity index (χ0v) is 19.8. The quantitative estimate of drug-likeness (QED) is 0.335. The zero-order chi connectivity index (χ0) is 23.5. The van der Waals surface area contributed by atoms with Crippen molar-refractivity contribution >= 4 is 33.8 Å². The lowest BCUT2D eigenvalue weighted by Crippen LogP contribution is -2.37. The number of amides is 1. The number of halogens is 1. The number of hydrogen-bond acceptors (Lipinski definition) is 7. The molecule has 2 aromatic carbocycles. The summed E-state index contributed by atoms with van der Waals surface area (Å²) in [5, 5.41) is 0. The highest BCUT2D eigenvalue weighted by molar-refractivity contribution is 9.10. The molecule has 32 heavy (non-hydrogen) atoms. The molecule has 0 aromatic heterocycles. The fourth-order valence-electron chi connectivity index (χ4n) is 2.59. The first-order valence-electron chi connectivity index (χ1n) is 9.88. The minimum absolute atomic E-state index is 0.0652. The van der Waals surface area contributed by atoms with E-state index in [9.17, 15) is 14.4 Å². The van der Waals surface area contributed by atoms with Gasteiger partial charge in [0.1, 0.15) is 29.6 Å². The largest absolute Gasteiger partial charge is 0.497 e. The Hall–Kier alpha value is -3.07. The van der Waals surface area contributed by atoms with Gasteiger partial charge >= 0.3 is 12.1 Å². The number of rotatable bonds is 11. The second kappa shape index (κ2) is 12.7. The van der Waals surface area contributed by atoms with Crippen molar-refractivity contribution < 1.29 is 33.3 Å². The summed E-state index contributed by atoms with van der Waals surface area (Å²) in [4.78, 5) is 37.1. The fraction of sp³-hybridized carbons (Fsp3) is 0.348. The molecule has 0 aliphatic rings. The Morgan fingerprint density at radius 2 is 1.53 bits per heavy atom. The van der Waals surface area contributed by atoms with Crippen molar-refractivity contribution in [2.45, 2.75) is 24.7 Å². The van der Waals surface area contributed by atoms with Crippen LogP contribution in [0.5, 0.6) is 17.2 Å². The number of methoxy groups -OCH3 is 2. The summed E-state index contributed by atoms with van der Waals surface area (Å²) >= 11 is 3.23. The van der Waals surface area contributed by atoms with Crippen LogP contribution in [0, 0.1) is 0 Å². The molecule has 0 saturated heterocycles. The number of benzene rings is 2. The number of nitrogens with zero attached hydrogens (tertiary/aromatic N) is 1. The van der Waals surface area contributed by atoms with E-state index in [1.54, 1.807) is 62.6 Å². The first kappa shape index (κ1) is 25.2. The molecule has 0 bridgehead atoms. The Kier molecular flexibility index (Phi) is 10.0. The summed E-state index contributed by atoms with van der Waals surface area (Å²) < 4.78 is 20.7. The summed E-state index contributed by atoms with van der Waals surface area (Å²) in [5.74, 6) is 1.05. The molecule has 0 heterocycles. The first-order chi connectivity index (χ1) is 15.3. The van der Waals surface area contributed by atoms with E-state index in [-0.39, 0.29) is 30.3 Å². The highest BCUT2D eigenvalue weighted by Gasteiger charge is 2.20. The number of esters is 1. The van der Waals surface area contributed by atoms with Crippen molar-refractivity contribution in [3.63, 3.8) is 0 Å². The molecule has 0 spiro atoms. The maximum atomic E-state index is 12.7.